The molecule has 0 saturated heterocycles. The molecular formula is C16H22N2O2S. The van der Waals surface area contributed by atoms with Crippen molar-refractivity contribution in [2.75, 3.05) is 13.2 Å². The summed E-state index contributed by atoms with van der Waals surface area (Å²) in [5.41, 5.74) is 5.73. The smallest absolute Gasteiger partial charge is 0.119 e. The van der Waals surface area contributed by atoms with Gasteiger partial charge in [-0.3, -0.25) is 0 Å². The molecule has 0 fully saturated rings. The summed E-state index contributed by atoms with van der Waals surface area (Å²) in [6, 6.07) is 7.66. The monoisotopic (exact) mass is 306 g/mol. The van der Waals surface area contributed by atoms with E-state index in [2.05, 4.69) is 4.98 Å². The van der Waals surface area contributed by atoms with E-state index in [4.69, 9.17) is 15.2 Å². The second-order valence-corrected chi connectivity index (χ2v) is 6.46. The Bertz CT molecular complexity index is 558. The average molecular weight is 306 g/mol. The molecule has 21 heavy (non-hydrogen) atoms. The Hall–Kier alpha value is -1.59. The number of hydrogen-bond donors (Lipinski definition) is 1. The third-order valence-electron chi connectivity index (χ3n) is 2.91. The predicted octanol–water partition coefficient (Wildman–Crippen LogP) is 3.36. The molecule has 0 aliphatic heterocycles. The lowest BCUT2D eigenvalue weighted by Gasteiger charge is -2.14. The highest BCUT2D eigenvalue weighted by Crippen LogP contribution is 2.24. The van der Waals surface area contributed by atoms with E-state index < -0.39 is 0 Å². The number of benzene rings is 1. The molecule has 0 atom stereocenters. The molecule has 1 aromatic carbocycles. The molecule has 2 rings (SSSR count). The van der Waals surface area contributed by atoms with Gasteiger partial charge in [-0.2, -0.15) is 0 Å². The van der Waals surface area contributed by atoms with Gasteiger partial charge in [-0.05, 0) is 45.0 Å². The van der Waals surface area contributed by atoms with E-state index >= 15 is 0 Å². The van der Waals surface area contributed by atoms with Gasteiger partial charge in [0.05, 0.1) is 18.2 Å². The van der Waals surface area contributed by atoms with Crippen LogP contribution in [0.1, 0.15) is 30.7 Å². The second kappa shape index (κ2) is 6.91. The number of nitrogens with zero attached hydrogens (tertiary/aromatic N) is 1. The molecule has 0 radical (unpaired) electrons. The fourth-order valence-corrected chi connectivity index (χ4v) is 2.69. The minimum atomic E-state index is -0.327. The van der Waals surface area contributed by atoms with Gasteiger partial charge in [0.2, 0.25) is 0 Å². The zero-order chi connectivity index (χ0) is 15.3. The summed E-state index contributed by atoms with van der Waals surface area (Å²) in [4.78, 5) is 5.49. The van der Waals surface area contributed by atoms with Crippen molar-refractivity contribution >= 4 is 11.3 Å². The van der Waals surface area contributed by atoms with Crippen LogP contribution in [0.4, 0.5) is 0 Å². The van der Waals surface area contributed by atoms with Crippen molar-refractivity contribution in [3.8, 4) is 11.5 Å². The minimum Gasteiger partial charge on any atom is -0.494 e. The normalized spacial score (nSPS) is 11.4. The maximum atomic E-state index is 6.06. The number of hydrogen-bond acceptors (Lipinski definition) is 5. The highest BCUT2D eigenvalue weighted by atomic mass is 32.1. The molecule has 0 saturated carbocycles. The van der Waals surface area contributed by atoms with Crippen LogP contribution in [0.25, 0.3) is 0 Å². The molecule has 0 spiro atoms. The van der Waals surface area contributed by atoms with Crippen LogP contribution in [0.2, 0.25) is 0 Å². The van der Waals surface area contributed by atoms with E-state index in [0.717, 1.165) is 27.8 Å². The third kappa shape index (κ3) is 4.72. The fraction of sp³-hybridized carbons (Fsp3) is 0.438. The molecule has 0 bridgehead atoms. The Morgan fingerprint density at radius 2 is 1.76 bits per heavy atom. The van der Waals surface area contributed by atoms with Crippen molar-refractivity contribution in [1.29, 1.82) is 0 Å². The first-order chi connectivity index (χ1) is 9.99. The molecule has 2 N–H and O–H groups in total. The summed E-state index contributed by atoms with van der Waals surface area (Å²) in [5.74, 6) is 1.70. The highest BCUT2D eigenvalue weighted by Gasteiger charge is 2.17. The van der Waals surface area contributed by atoms with Crippen molar-refractivity contribution in [1.82, 2.24) is 4.98 Å². The summed E-state index contributed by atoms with van der Waals surface area (Å²) in [6.45, 7) is 7.22. The van der Waals surface area contributed by atoms with E-state index in [9.17, 15) is 0 Å². The maximum Gasteiger partial charge on any atom is 0.119 e. The molecule has 5 heteroatoms. The van der Waals surface area contributed by atoms with Crippen molar-refractivity contribution in [3.05, 3.63) is 40.3 Å². The van der Waals surface area contributed by atoms with Crippen LogP contribution in [0.5, 0.6) is 11.5 Å². The summed E-state index contributed by atoms with van der Waals surface area (Å²) in [7, 11) is 0. The van der Waals surface area contributed by atoms with Crippen LogP contribution in [0.3, 0.4) is 0 Å². The largest absolute Gasteiger partial charge is 0.494 e. The van der Waals surface area contributed by atoms with Gasteiger partial charge in [-0.1, -0.05) is 0 Å². The quantitative estimate of drug-likeness (QED) is 0.852. The highest BCUT2D eigenvalue weighted by molar-refractivity contribution is 7.11. The number of aromatic nitrogens is 1. The molecule has 0 aliphatic rings. The lowest BCUT2D eigenvalue weighted by atomic mass is 10.1. The molecular weight excluding hydrogens is 284 g/mol. The van der Waals surface area contributed by atoms with Crippen LogP contribution in [0.15, 0.2) is 30.5 Å². The second-order valence-electron chi connectivity index (χ2n) is 5.34. The summed E-state index contributed by atoms with van der Waals surface area (Å²) >= 11 is 1.65. The van der Waals surface area contributed by atoms with Gasteiger partial charge >= 0.3 is 0 Å². The Kier molecular flexibility index (Phi) is 5.20. The van der Waals surface area contributed by atoms with Crippen molar-refractivity contribution in [2.45, 2.75) is 32.7 Å². The number of nitrogens with two attached hydrogens (primary N) is 1. The SMILES string of the molecule is CCOc1ccc(OCCc2ncc(C(C)(C)N)s2)cc1. The van der Waals surface area contributed by atoms with Crippen LogP contribution in [-0.4, -0.2) is 18.2 Å². The first-order valence-electron chi connectivity index (χ1n) is 7.09. The molecule has 1 heterocycles. The first kappa shape index (κ1) is 15.8. The van der Waals surface area contributed by atoms with Crippen molar-refractivity contribution in [3.63, 3.8) is 0 Å². The Balaban J connectivity index is 1.82. The van der Waals surface area contributed by atoms with Gasteiger partial charge in [0.25, 0.3) is 0 Å². The number of thiazole rings is 1. The van der Waals surface area contributed by atoms with E-state index in [1.54, 1.807) is 11.3 Å². The maximum absolute atomic E-state index is 6.06. The van der Waals surface area contributed by atoms with Gasteiger partial charge in [-0.15, -0.1) is 11.3 Å². The van der Waals surface area contributed by atoms with Gasteiger partial charge in [0.1, 0.15) is 11.5 Å². The van der Waals surface area contributed by atoms with Crippen molar-refractivity contribution in [2.24, 2.45) is 5.73 Å². The van der Waals surface area contributed by atoms with E-state index in [-0.39, 0.29) is 5.54 Å². The van der Waals surface area contributed by atoms with E-state index in [1.165, 1.54) is 0 Å². The average Bonchev–Trinajstić information content (AvgIpc) is 2.90. The molecule has 1 aromatic heterocycles. The van der Waals surface area contributed by atoms with Crippen molar-refractivity contribution < 1.29 is 9.47 Å². The topological polar surface area (TPSA) is 57.4 Å². The Labute approximate surface area is 129 Å². The van der Waals surface area contributed by atoms with Gasteiger partial charge in [0.15, 0.2) is 0 Å². The van der Waals surface area contributed by atoms with Crippen LogP contribution < -0.4 is 15.2 Å². The first-order valence-corrected chi connectivity index (χ1v) is 7.90. The van der Waals surface area contributed by atoms with E-state index in [1.807, 2.05) is 51.2 Å². The zero-order valence-corrected chi connectivity index (χ0v) is 13.6. The number of rotatable bonds is 7. The molecule has 0 unspecified atom stereocenters. The standard InChI is InChI=1S/C16H22N2O2S/c1-4-19-12-5-7-13(8-6-12)20-10-9-15-18-11-14(21-15)16(2,3)17/h5-8,11H,4,9-10,17H2,1-3H3. The van der Waals surface area contributed by atoms with Gasteiger partial charge in [-0.25, -0.2) is 4.98 Å². The lowest BCUT2D eigenvalue weighted by Crippen LogP contribution is -2.27. The third-order valence-corrected chi connectivity index (χ3v) is 4.30. The van der Waals surface area contributed by atoms with Crippen LogP contribution in [-0.2, 0) is 12.0 Å². The van der Waals surface area contributed by atoms with Crippen LogP contribution in [0, 0.1) is 0 Å². The molecule has 114 valence electrons. The van der Waals surface area contributed by atoms with Crippen LogP contribution >= 0.6 is 11.3 Å². The Morgan fingerprint density at radius 3 is 2.29 bits per heavy atom. The predicted molar refractivity (Wildman–Crippen MR) is 86.1 cm³/mol. The summed E-state index contributed by atoms with van der Waals surface area (Å²) < 4.78 is 11.1. The minimum absolute atomic E-state index is 0.327. The summed E-state index contributed by atoms with van der Waals surface area (Å²) in [6.07, 6.45) is 2.64. The molecule has 0 amide bonds. The van der Waals surface area contributed by atoms with Gasteiger partial charge < -0.3 is 15.2 Å². The fourth-order valence-electron chi connectivity index (χ4n) is 1.78. The molecule has 0 aliphatic carbocycles. The Morgan fingerprint density at radius 1 is 1.14 bits per heavy atom. The molecule has 4 nitrogen and oxygen atoms in total. The molecule has 2 aromatic rings. The number of ether oxygens (including phenoxy) is 2. The zero-order valence-electron chi connectivity index (χ0n) is 12.8. The van der Waals surface area contributed by atoms with Gasteiger partial charge in [0, 0.05) is 23.0 Å². The summed E-state index contributed by atoms with van der Waals surface area (Å²) in [5, 5.41) is 1.05. The lowest BCUT2D eigenvalue weighted by molar-refractivity contribution is 0.318. The van der Waals surface area contributed by atoms with E-state index in [0.29, 0.717) is 13.2 Å².